The Morgan fingerprint density at radius 3 is 2.24 bits per heavy atom. The number of hydrogen-bond donors (Lipinski definition) is 1. The van der Waals surface area contributed by atoms with Crippen molar-refractivity contribution in [2.45, 2.75) is 51.7 Å². The van der Waals surface area contributed by atoms with E-state index in [-0.39, 0.29) is 23.0 Å². The van der Waals surface area contributed by atoms with Crippen LogP contribution in [0.4, 0.5) is 5.69 Å². The van der Waals surface area contributed by atoms with Crippen LogP contribution in [0.2, 0.25) is 0 Å². The van der Waals surface area contributed by atoms with Crippen LogP contribution in [0.5, 0.6) is 0 Å². The first-order valence-corrected chi connectivity index (χ1v) is 12.0. The monoisotopic (exact) mass is 466 g/mol. The highest BCUT2D eigenvalue weighted by Gasteiger charge is 2.17. The van der Waals surface area contributed by atoms with Crippen molar-refractivity contribution in [1.29, 1.82) is 0 Å². The SMILES string of the molecule is CCOC(=O)c1ccc(NC(=O)CSc2nnc(-c3ccc(C(C)(C)C)cc3)n2CC)cc1. The maximum Gasteiger partial charge on any atom is 0.338 e. The lowest BCUT2D eigenvalue weighted by molar-refractivity contribution is -0.113. The number of nitrogens with one attached hydrogen (secondary N) is 1. The maximum absolute atomic E-state index is 12.4. The lowest BCUT2D eigenvalue weighted by Gasteiger charge is -2.19. The van der Waals surface area contributed by atoms with E-state index < -0.39 is 0 Å². The van der Waals surface area contributed by atoms with E-state index in [1.54, 1.807) is 31.2 Å². The van der Waals surface area contributed by atoms with Crippen molar-refractivity contribution in [3.63, 3.8) is 0 Å². The van der Waals surface area contributed by atoms with Gasteiger partial charge in [-0.2, -0.15) is 0 Å². The molecule has 1 N–H and O–H groups in total. The van der Waals surface area contributed by atoms with Gasteiger partial charge in [0.25, 0.3) is 0 Å². The van der Waals surface area contributed by atoms with Gasteiger partial charge in [-0.3, -0.25) is 4.79 Å². The fourth-order valence-electron chi connectivity index (χ4n) is 3.24. The highest BCUT2D eigenvalue weighted by atomic mass is 32.2. The molecule has 0 saturated carbocycles. The van der Waals surface area contributed by atoms with Crippen LogP contribution in [0, 0.1) is 0 Å². The molecule has 33 heavy (non-hydrogen) atoms. The molecular weight excluding hydrogens is 436 g/mol. The summed E-state index contributed by atoms with van der Waals surface area (Å²) in [6.07, 6.45) is 0. The van der Waals surface area contributed by atoms with E-state index in [0.29, 0.717) is 29.6 Å². The largest absolute Gasteiger partial charge is 0.462 e. The first-order chi connectivity index (χ1) is 15.7. The van der Waals surface area contributed by atoms with Crippen LogP contribution in [-0.2, 0) is 21.5 Å². The normalized spacial score (nSPS) is 11.3. The van der Waals surface area contributed by atoms with Gasteiger partial charge in [-0.05, 0) is 49.1 Å². The average Bonchev–Trinajstić information content (AvgIpc) is 3.21. The summed E-state index contributed by atoms with van der Waals surface area (Å²) in [6.45, 7) is 11.4. The molecule has 0 radical (unpaired) electrons. The van der Waals surface area contributed by atoms with Gasteiger partial charge in [-0.1, -0.05) is 56.8 Å². The van der Waals surface area contributed by atoms with Gasteiger partial charge in [0.1, 0.15) is 0 Å². The molecule has 1 amide bonds. The van der Waals surface area contributed by atoms with E-state index >= 15 is 0 Å². The quantitative estimate of drug-likeness (QED) is 0.364. The van der Waals surface area contributed by atoms with E-state index in [0.717, 1.165) is 11.4 Å². The van der Waals surface area contributed by atoms with Crippen molar-refractivity contribution in [3.8, 4) is 11.4 Å². The predicted molar refractivity (Wildman–Crippen MR) is 132 cm³/mol. The van der Waals surface area contributed by atoms with Crippen LogP contribution in [0.1, 0.15) is 50.5 Å². The summed E-state index contributed by atoms with van der Waals surface area (Å²) in [5.41, 5.74) is 3.41. The third-order valence-electron chi connectivity index (χ3n) is 5.05. The van der Waals surface area contributed by atoms with Crippen molar-refractivity contribution in [2.24, 2.45) is 0 Å². The molecule has 3 rings (SSSR count). The summed E-state index contributed by atoms with van der Waals surface area (Å²) in [6, 6.07) is 15.0. The Morgan fingerprint density at radius 1 is 1.00 bits per heavy atom. The Labute approximate surface area is 198 Å². The molecule has 0 aliphatic carbocycles. The zero-order valence-corrected chi connectivity index (χ0v) is 20.5. The molecule has 0 atom stereocenters. The van der Waals surface area contributed by atoms with Crippen LogP contribution in [0.25, 0.3) is 11.4 Å². The number of nitrogens with zero attached hydrogens (tertiary/aromatic N) is 3. The van der Waals surface area contributed by atoms with Crippen molar-refractivity contribution < 1.29 is 14.3 Å². The standard InChI is InChI=1S/C25H30N4O3S/c1-6-29-22(17-8-12-19(13-9-17)25(3,4)5)27-28-24(29)33-16-21(30)26-20-14-10-18(11-15-20)23(31)32-7-2/h8-15H,6-7,16H2,1-5H3,(H,26,30). The second-order valence-corrected chi connectivity index (χ2v) is 9.45. The lowest BCUT2D eigenvalue weighted by atomic mass is 9.87. The molecule has 0 aliphatic heterocycles. The average molecular weight is 467 g/mol. The maximum atomic E-state index is 12.4. The first-order valence-electron chi connectivity index (χ1n) is 11.0. The Morgan fingerprint density at radius 2 is 1.67 bits per heavy atom. The van der Waals surface area contributed by atoms with Gasteiger partial charge in [0, 0.05) is 17.8 Å². The molecule has 0 bridgehead atoms. The van der Waals surface area contributed by atoms with Crippen LogP contribution in [0.3, 0.4) is 0 Å². The molecule has 174 valence electrons. The van der Waals surface area contributed by atoms with Crippen LogP contribution in [0.15, 0.2) is 53.7 Å². The number of benzene rings is 2. The Bertz CT molecular complexity index is 1100. The van der Waals surface area contributed by atoms with Crippen molar-refractivity contribution >= 4 is 29.3 Å². The summed E-state index contributed by atoms with van der Waals surface area (Å²) in [4.78, 5) is 24.2. The van der Waals surface area contributed by atoms with E-state index in [1.165, 1.54) is 17.3 Å². The van der Waals surface area contributed by atoms with E-state index in [9.17, 15) is 9.59 Å². The molecule has 3 aromatic rings. The minimum absolute atomic E-state index is 0.0878. The molecule has 1 heterocycles. The summed E-state index contributed by atoms with van der Waals surface area (Å²) in [7, 11) is 0. The fourth-order valence-corrected chi connectivity index (χ4v) is 4.05. The van der Waals surface area contributed by atoms with Gasteiger partial charge >= 0.3 is 5.97 Å². The van der Waals surface area contributed by atoms with Gasteiger partial charge in [0.2, 0.25) is 5.91 Å². The zero-order chi connectivity index (χ0) is 24.0. The molecule has 7 nitrogen and oxygen atoms in total. The minimum atomic E-state index is -0.381. The number of carbonyl (C=O) groups is 2. The van der Waals surface area contributed by atoms with Crippen molar-refractivity contribution in [1.82, 2.24) is 14.8 Å². The third kappa shape index (κ3) is 6.22. The third-order valence-corrected chi connectivity index (χ3v) is 6.02. The highest BCUT2D eigenvalue weighted by Crippen LogP contribution is 2.27. The predicted octanol–water partition coefficient (Wildman–Crippen LogP) is 5.17. The molecule has 0 spiro atoms. The Balaban J connectivity index is 1.63. The van der Waals surface area contributed by atoms with Gasteiger partial charge in [0.15, 0.2) is 11.0 Å². The Kier molecular flexibility index (Phi) is 7.92. The van der Waals surface area contributed by atoms with Gasteiger partial charge in [-0.25, -0.2) is 4.79 Å². The number of rotatable bonds is 8. The summed E-state index contributed by atoms with van der Waals surface area (Å²) >= 11 is 1.34. The molecule has 2 aromatic carbocycles. The van der Waals surface area contributed by atoms with Crippen LogP contribution >= 0.6 is 11.8 Å². The minimum Gasteiger partial charge on any atom is -0.462 e. The first kappa shape index (κ1) is 24.5. The molecule has 8 heteroatoms. The number of esters is 1. The summed E-state index contributed by atoms with van der Waals surface area (Å²) in [5.74, 6) is 0.440. The van der Waals surface area contributed by atoms with Crippen LogP contribution < -0.4 is 5.32 Å². The van der Waals surface area contributed by atoms with E-state index in [2.05, 4.69) is 60.6 Å². The molecule has 0 aliphatic rings. The zero-order valence-electron chi connectivity index (χ0n) is 19.7. The topological polar surface area (TPSA) is 86.1 Å². The number of carbonyl (C=O) groups excluding carboxylic acids is 2. The highest BCUT2D eigenvalue weighted by molar-refractivity contribution is 7.99. The smallest absolute Gasteiger partial charge is 0.338 e. The molecular formula is C25H30N4O3S. The lowest BCUT2D eigenvalue weighted by Crippen LogP contribution is -2.15. The second-order valence-electron chi connectivity index (χ2n) is 8.51. The molecule has 0 fully saturated rings. The fraction of sp³-hybridized carbons (Fsp3) is 0.360. The summed E-state index contributed by atoms with van der Waals surface area (Å²) in [5, 5.41) is 12.2. The number of thioether (sulfide) groups is 1. The number of hydrogen-bond acceptors (Lipinski definition) is 6. The number of amides is 1. The van der Waals surface area contributed by atoms with Crippen molar-refractivity contribution in [2.75, 3.05) is 17.7 Å². The molecule has 1 aromatic heterocycles. The van der Waals surface area contributed by atoms with E-state index in [4.69, 9.17) is 4.74 Å². The van der Waals surface area contributed by atoms with Crippen molar-refractivity contribution in [3.05, 3.63) is 59.7 Å². The number of aromatic nitrogens is 3. The number of ether oxygens (including phenoxy) is 1. The van der Waals surface area contributed by atoms with Gasteiger partial charge in [0.05, 0.1) is 17.9 Å². The Hall–Kier alpha value is -3.13. The van der Waals surface area contributed by atoms with Gasteiger partial charge in [-0.15, -0.1) is 10.2 Å². The number of anilines is 1. The molecule has 0 saturated heterocycles. The molecule has 0 unspecified atom stereocenters. The summed E-state index contributed by atoms with van der Waals surface area (Å²) < 4.78 is 6.98. The van der Waals surface area contributed by atoms with Gasteiger partial charge < -0.3 is 14.6 Å². The second kappa shape index (κ2) is 10.7. The van der Waals surface area contributed by atoms with Crippen LogP contribution in [-0.4, -0.2) is 39.0 Å². The van der Waals surface area contributed by atoms with E-state index in [1.807, 2.05) is 11.5 Å².